The molecule has 3 nitrogen and oxygen atoms in total. The number of hydrogen-bond donors (Lipinski definition) is 0. The SMILES string of the molecule is C=CCC(C)(C(=O)OF)C(=O)c1cc(C)ccc1C.C=CCC(C)CC. The van der Waals surface area contributed by atoms with E-state index < -0.39 is 17.2 Å². The van der Waals surface area contributed by atoms with Crippen LogP contribution in [0.2, 0.25) is 0 Å². The van der Waals surface area contributed by atoms with Crippen molar-refractivity contribution >= 4 is 11.8 Å². The van der Waals surface area contributed by atoms with Crippen LogP contribution in [-0.4, -0.2) is 11.8 Å². The zero-order valence-corrected chi connectivity index (χ0v) is 16.6. The number of Topliss-reactive ketones (excluding diaryl/α,β-unsaturated/α-hetero) is 1. The van der Waals surface area contributed by atoms with Crippen molar-refractivity contribution in [3.8, 4) is 0 Å². The van der Waals surface area contributed by atoms with Gasteiger partial charge in [-0.25, -0.2) is 4.79 Å². The number of hydrogen-bond acceptors (Lipinski definition) is 3. The Labute approximate surface area is 156 Å². The third-order valence-corrected chi connectivity index (χ3v) is 4.48. The lowest BCUT2D eigenvalue weighted by Crippen LogP contribution is -2.37. The molecule has 2 unspecified atom stereocenters. The summed E-state index contributed by atoms with van der Waals surface area (Å²) in [5.74, 6) is -0.827. The maximum absolute atomic E-state index is 12.5. The molecular weight excluding hydrogens is 331 g/mol. The van der Waals surface area contributed by atoms with Gasteiger partial charge in [0.2, 0.25) is 0 Å². The fourth-order valence-corrected chi connectivity index (χ4v) is 2.37. The molecule has 0 saturated carbocycles. The van der Waals surface area contributed by atoms with Gasteiger partial charge in [0.15, 0.2) is 5.78 Å². The van der Waals surface area contributed by atoms with Crippen molar-refractivity contribution in [2.24, 2.45) is 11.3 Å². The van der Waals surface area contributed by atoms with E-state index >= 15 is 0 Å². The van der Waals surface area contributed by atoms with Crippen molar-refractivity contribution in [1.29, 1.82) is 0 Å². The number of rotatable bonds is 8. The number of carbonyl (C=O) groups is 2. The second-order valence-corrected chi connectivity index (χ2v) is 6.87. The molecule has 1 aromatic carbocycles. The van der Waals surface area contributed by atoms with Gasteiger partial charge in [-0.1, -0.05) is 50.1 Å². The van der Waals surface area contributed by atoms with Gasteiger partial charge in [0.1, 0.15) is 5.41 Å². The molecule has 0 amide bonds. The van der Waals surface area contributed by atoms with E-state index in [1.807, 2.05) is 19.1 Å². The maximum atomic E-state index is 12.5. The summed E-state index contributed by atoms with van der Waals surface area (Å²) in [5, 5.41) is 0. The van der Waals surface area contributed by atoms with Crippen LogP contribution < -0.4 is 0 Å². The Morgan fingerprint density at radius 2 is 1.88 bits per heavy atom. The summed E-state index contributed by atoms with van der Waals surface area (Å²) in [6.45, 7) is 16.6. The second-order valence-electron chi connectivity index (χ2n) is 6.87. The van der Waals surface area contributed by atoms with Crippen LogP contribution in [0.25, 0.3) is 0 Å². The first-order valence-corrected chi connectivity index (χ1v) is 8.84. The Kier molecular flexibility index (Phi) is 10.4. The third kappa shape index (κ3) is 6.58. The number of aryl methyl sites for hydroxylation is 2. The predicted molar refractivity (Wildman–Crippen MR) is 105 cm³/mol. The lowest BCUT2D eigenvalue weighted by molar-refractivity contribution is -0.192. The highest BCUT2D eigenvalue weighted by molar-refractivity contribution is 6.12. The summed E-state index contributed by atoms with van der Waals surface area (Å²) in [7, 11) is 0. The monoisotopic (exact) mass is 362 g/mol. The van der Waals surface area contributed by atoms with Crippen LogP contribution in [0.15, 0.2) is 43.5 Å². The molecule has 144 valence electrons. The largest absolute Gasteiger partial charge is 0.362 e. The Balaban J connectivity index is 0.000000758. The Morgan fingerprint density at radius 3 is 2.31 bits per heavy atom. The predicted octanol–water partition coefficient (Wildman–Crippen LogP) is 6.10. The van der Waals surface area contributed by atoms with Gasteiger partial charge in [0.25, 0.3) is 0 Å². The first-order valence-electron chi connectivity index (χ1n) is 8.84. The molecule has 1 rings (SSSR count). The summed E-state index contributed by atoms with van der Waals surface area (Å²) >= 11 is 0. The lowest BCUT2D eigenvalue weighted by Gasteiger charge is -2.23. The van der Waals surface area contributed by atoms with Gasteiger partial charge in [-0.15, -0.1) is 13.2 Å². The molecule has 0 radical (unpaired) electrons. The first-order chi connectivity index (χ1) is 12.2. The van der Waals surface area contributed by atoms with Crippen LogP contribution in [0.3, 0.4) is 0 Å². The van der Waals surface area contributed by atoms with Crippen LogP contribution in [0.1, 0.15) is 61.5 Å². The van der Waals surface area contributed by atoms with E-state index in [0.29, 0.717) is 5.56 Å². The van der Waals surface area contributed by atoms with Gasteiger partial charge in [0, 0.05) is 10.1 Å². The first kappa shape index (κ1) is 23.8. The molecule has 0 aromatic heterocycles. The molecule has 2 atom stereocenters. The molecule has 26 heavy (non-hydrogen) atoms. The quantitative estimate of drug-likeness (QED) is 0.318. The van der Waals surface area contributed by atoms with Gasteiger partial charge < -0.3 is 0 Å². The number of ketones is 1. The van der Waals surface area contributed by atoms with Gasteiger partial charge in [0.05, 0.1) is 0 Å². The summed E-state index contributed by atoms with van der Waals surface area (Å²) < 4.78 is 12.2. The summed E-state index contributed by atoms with van der Waals surface area (Å²) in [6, 6.07) is 5.34. The number of allylic oxidation sites excluding steroid dienone is 2. The zero-order valence-electron chi connectivity index (χ0n) is 16.6. The molecule has 0 fully saturated rings. The van der Waals surface area contributed by atoms with Crippen molar-refractivity contribution < 1.29 is 19.1 Å². The maximum Gasteiger partial charge on any atom is 0.362 e. The van der Waals surface area contributed by atoms with Crippen molar-refractivity contribution in [2.75, 3.05) is 0 Å². The average molecular weight is 362 g/mol. The van der Waals surface area contributed by atoms with E-state index in [1.54, 1.807) is 19.1 Å². The van der Waals surface area contributed by atoms with Gasteiger partial charge >= 0.3 is 5.97 Å². The van der Waals surface area contributed by atoms with E-state index in [1.165, 1.54) is 19.4 Å². The molecule has 1 aromatic rings. The molecule has 0 aliphatic heterocycles. The van der Waals surface area contributed by atoms with E-state index in [0.717, 1.165) is 23.5 Å². The van der Waals surface area contributed by atoms with Gasteiger partial charge in [-0.05, 0) is 51.2 Å². The van der Waals surface area contributed by atoms with E-state index in [-0.39, 0.29) is 6.42 Å². The molecule has 0 N–H and O–H groups in total. The molecule has 0 spiro atoms. The molecule has 0 aliphatic rings. The highest BCUT2D eigenvalue weighted by Crippen LogP contribution is 2.30. The second kappa shape index (κ2) is 11.4. The standard InChI is InChI=1S/C15H17FO3.C7H14/c1-5-8-15(4,14(18)19-16)13(17)12-9-10(2)6-7-11(12)3;1-4-6-7(3)5-2/h5-7,9H,1,8H2,2-4H3;4,7H,1,5-6H2,2-3H3. The van der Waals surface area contributed by atoms with Gasteiger partial charge in [-0.3, -0.25) is 9.74 Å². The Morgan fingerprint density at radius 1 is 1.27 bits per heavy atom. The molecule has 0 aliphatic carbocycles. The Hall–Kier alpha value is -2.23. The lowest BCUT2D eigenvalue weighted by atomic mass is 9.78. The average Bonchev–Trinajstić information content (AvgIpc) is 2.63. The van der Waals surface area contributed by atoms with Crippen LogP contribution in [0, 0.1) is 25.2 Å². The zero-order chi connectivity index (χ0) is 20.3. The molecular formula is C22H31FO3. The smallest absolute Gasteiger partial charge is 0.293 e. The number of carbonyl (C=O) groups excluding carboxylic acids is 2. The number of halogens is 1. The molecule has 4 heteroatoms. The molecule has 0 bridgehead atoms. The van der Waals surface area contributed by atoms with Crippen LogP contribution >= 0.6 is 0 Å². The van der Waals surface area contributed by atoms with Crippen LogP contribution in [0.5, 0.6) is 0 Å². The summed E-state index contributed by atoms with van der Waals surface area (Å²) in [5.41, 5.74) is 0.436. The van der Waals surface area contributed by atoms with Crippen molar-refractivity contribution in [3.05, 3.63) is 60.2 Å². The van der Waals surface area contributed by atoms with Crippen LogP contribution in [-0.2, 0) is 9.74 Å². The highest BCUT2D eigenvalue weighted by Gasteiger charge is 2.43. The van der Waals surface area contributed by atoms with E-state index in [9.17, 15) is 14.1 Å². The minimum atomic E-state index is -1.59. The van der Waals surface area contributed by atoms with Crippen molar-refractivity contribution in [1.82, 2.24) is 0 Å². The normalized spacial score (nSPS) is 13.5. The molecule has 0 saturated heterocycles. The fourth-order valence-electron chi connectivity index (χ4n) is 2.37. The minimum Gasteiger partial charge on any atom is -0.293 e. The third-order valence-electron chi connectivity index (χ3n) is 4.48. The minimum absolute atomic E-state index is 0.0158. The van der Waals surface area contributed by atoms with Gasteiger partial charge in [-0.2, -0.15) is 0 Å². The summed E-state index contributed by atoms with van der Waals surface area (Å²) in [6.07, 6.45) is 5.83. The highest BCUT2D eigenvalue weighted by atomic mass is 19.3. The van der Waals surface area contributed by atoms with Crippen molar-refractivity contribution in [2.45, 2.75) is 53.9 Å². The topological polar surface area (TPSA) is 43.4 Å². The van der Waals surface area contributed by atoms with Crippen molar-refractivity contribution in [3.63, 3.8) is 0 Å². The van der Waals surface area contributed by atoms with E-state index in [2.05, 4.69) is 31.9 Å². The number of benzene rings is 1. The van der Waals surface area contributed by atoms with E-state index in [4.69, 9.17) is 0 Å². The summed E-state index contributed by atoms with van der Waals surface area (Å²) in [4.78, 5) is 27.4. The Bertz CT molecular complexity index is 636. The van der Waals surface area contributed by atoms with Crippen LogP contribution in [0.4, 0.5) is 4.53 Å². The molecule has 0 heterocycles. The fraction of sp³-hybridized carbons (Fsp3) is 0.455.